The smallest absolute Gasteiger partial charge is 0.323 e. The second-order valence-electron chi connectivity index (χ2n) is 6.23. The number of aromatic nitrogens is 4. The first kappa shape index (κ1) is 14.4. The summed E-state index contributed by atoms with van der Waals surface area (Å²) in [6, 6.07) is 3.83. The molecule has 23 heavy (non-hydrogen) atoms. The minimum absolute atomic E-state index is 0.0336. The van der Waals surface area contributed by atoms with Crippen LogP contribution in [-0.4, -0.2) is 69.0 Å². The standard InChI is InChI=1S/C15H20N6O2/c1-10-9-12(15(22)23-10)19-5-7-20(8-6-19)14-4-3-13-17-16-11(2)21(13)18-14/h3-4,10,12H,5-9H2,1-2H3. The number of nitrogens with zero attached hydrogens (tertiary/aromatic N) is 6. The molecule has 0 spiro atoms. The molecule has 2 aliphatic heterocycles. The van der Waals surface area contributed by atoms with Crippen LogP contribution in [0.3, 0.4) is 0 Å². The van der Waals surface area contributed by atoms with Gasteiger partial charge in [-0.3, -0.25) is 9.69 Å². The van der Waals surface area contributed by atoms with Crippen molar-refractivity contribution in [3.8, 4) is 0 Å². The topological polar surface area (TPSA) is 75.9 Å². The van der Waals surface area contributed by atoms with E-state index in [0.717, 1.165) is 49.9 Å². The van der Waals surface area contributed by atoms with E-state index in [4.69, 9.17) is 4.74 Å². The van der Waals surface area contributed by atoms with Gasteiger partial charge >= 0.3 is 5.97 Å². The first-order valence-corrected chi connectivity index (χ1v) is 8.00. The predicted molar refractivity (Wildman–Crippen MR) is 83.3 cm³/mol. The molecular weight excluding hydrogens is 296 g/mol. The third kappa shape index (κ3) is 2.52. The Hall–Kier alpha value is -2.22. The van der Waals surface area contributed by atoms with E-state index < -0.39 is 0 Å². The van der Waals surface area contributed by atoms with E-state index in [2.05, 4.69) is 25.1 Å². The number of carbonyl (C=O) groups is 1. The van der Waals surface area contributed by atoms with E-state index in [1.54, 1.807) is 4.52 Å². The number of cyclic esters (lactones) is 1. The molecule has 4 heterocycles. The van der Waals surface area contributed by atoms with Crippen LogP contribution in [-0.2, 0) is 9.53 Å². The van der Waals surface area contributed by atoms with Crippen molar-refractivity contribution in [2.45, 2.75) is 32.4 Å². The zero-order valence-corrected chi connectivity index (χ0v) is 13.3. The van der Waals surface area contributed by atoms with Crippen molar-refractivity contribution in [1.82, 2.24) is 24.7 Å². The SMILES string of the molecule is Cc1nnc2ccc(N3CCN(C4CC(C)OC4=O)CC3)nn12. The third-order valence-electron chi connectivity index (χ3n) is 4.63. The molecule has 8 heteroatoms. The average Bonchev–Trinajstić information content (AvgIpc) is 3.10. The van der Waals surface area contributed by atoms with Gasteiger partial charge in [0.05, 0.1) is 0 Å². The molecule has 0 amide bonds. The first-order chi connectivity index (χ1) is 11.1. The number of fused-ring (bicyclic) bond motifs is 1. The van der Waals surface area contributed by atoms with Gasteiger partial charge in [0.15, 0.2) is 11.5 Å². The lowest BCUT2D eigenvalue weighted by molar-refractivity contribution is -0.144. The molecular formula is C15H20N6O2. The van der Waals surface area contributed by atoms with Crippen LogP contribution in [0.1, 0.15) is 19.2 Å². The maximum absolute atomic E-state index is 11.9. The Balaban J connectivity index is 1.46. The molecule has 2 saturated heterocycles. The monoisotopic (exact) mass is 316 g/mol. The van der Waals surface area contributed by atoms with Gasteiger partial charge in [-0.2, -0.15) is 4.52 Å². The second kappa shape index (κ2) is 5.45. The van der Waals surface area contributed by atoms with Gasteiger partial charge in [-0.05, 0) is 26.0 Å². The fourth-order valence-corrected chi connectivity index (χ4v) is 3.35. The molecule has 2 aliphatic rings. The number of aryl methyl sites for hydroxylation is 1. The molecule has 4 rings (SSSR count). The molecule has 2 atom stereocenters. The number of rotatable bonds is 2. The van der Waals surface area contributed by atoms with Crippen molar-refractivity contribution in [3.05, 3.63) is 18.0 Å². The fourth-order valence-electron chi connectivity index (χ4n) is 3.35. The summed E-state index contributed by atoms with van der Waals surface area (Å²) in [5.41, 5.74) is 0.757. The van der Waals surface area contributed by atoms with E-state index in [-0.39, 0.29) is 18.1 Å². The van der Waals surface area contributed by atoms with E-state index in [0.29, 0.717) is 0 Å². The zero-order chi connectivity index (χ0) is 16.0. The minimum atomic E-state index is -0.0808. The van der Waals surface area contributed by atoms with Crippen molar-refractivity contribution in [2.24, 2.45) is 0 Å². The predicted octanol–water partition coefficient (Wildman–Crippen LogP) is 0.259. The van der Waals surface area contributed by atoms with E-state index >= 15 is 0 Å². The summed E-state index contributed by atoms with van der Waals surface area (Å²) in [5.74, 6) is 1.62. The Kier molecular flexibility index (Phi) is 3.41. The molecule has 122 valence electrons. The maximum Gasteiger partial charge on any atom is 0.323 e. The largest absolute Gasteiger partial charge is 0.461 e. The quantitative estimate of drug-likeness (QED) is 0.736. The first-order valence-electron chi connectivity index (χ1n) is 8.00. The van der Waals surface area contributed by atoms with Gasteiger partial charge in [0, 0.05) is 32.6 Å². The highest BCUT2D eigenvalue weighted by Crippen LogP contribution is 2.22. The van der Waals surface area contributed by atoms with Crippen molar-refractivity contribution in [1.29, 1.82) is 0 Å². The Morgan fingerprint density at radius 3 is 2.65 bits per heavy atom. The molecule has 2 fully saturated rings. The summed E-state index contributed by atoms with van der Waals surface area (Å²) >= 11 is 0. The Labute approximate surface area is 134 Å². The molecule has 2 aromatic rings. The van der Waals surface area contributed by atoms with E-state index in [9.17, 15) is 4.79 Å². The number of hydrogen-bond donors (Lipinski definition) is 0. The molecule has 0 aromatic carbocycles. The molecule has 0 radical (unpaired) electrons. The number of hydrogen-bond acceptors (Lipinski definition) is 7. The number of piperazine rings is 1. The Morgan fingerprint density at radius 1 is 1.17 bits per heavy atom. The van der Waals surface area contributed by atoms with Crippen molar-refractivity contribution >= 4 is 17.4 Å². The summed E-state index contributed by atoms with van der Waals surface area (Å²) in [7, 11) is 0. The van der Waals surface area contributed by atoms with Crippen LogP contribution in [0.5, 0.6) is 0 Å². The summed E-state index contributed by atoms with van der Waals surface area (Å²) in [6.45, 7) is 7.22. The van der Waals surface area contributed by atoms with Crippen molar-refractivity contribution < 1.29 is 9.53 Å². The third-order valence-corrected chi connectivity index (χ3v) is 4.63. The lowest BCUT2D eigenvalue weighted by Gasteiger charge is -2.37. The molecule has 0 bridgehead atoms. The van der Waals surface area contributed by atoms with Gasteiger partial charge in [-0.1, -0.05) is 0 Å². The Morgan fingerprint density at radius 2 is 1.96 bits per heavy atom. The lowest BCUT2D eigenvalue weighted by Crippen LogP contribution is -2.52. The molecule has 0 saturated carbocycles. The highest BCUT2D eigenvalue weighted by molar-refractivity contribution is 5.78. The number of ether oxygens (including phenoxy) is 1. The summed E-state index contributed by atoms with van der Waals surface area (Å²) in [5, 5.41) is 12.7. The van der Waals surface area contributed by atoms with Crippen LogP contribution >= 0.6 is 0 Å². The van der Waals surface area contributed by atoms with Gasteiger partial charge in [-0.25, -0.2) is 0 Å². The summed E-state index contributed by atoms with van der Waals surface area (Å²) in [4.78, 5) is 16.3. The maximum atomic E-state index is 11.9. The molecule has 0 aliphatic carbocycles. The van der Waals surface area contributed by atoms with Gasteiger partial charge in [0.1, 0.15) is 18.0 Å². The van der Waals surface area contributed by atoms with Crippen molar-refractivity contribution in [2.75, 3.05) is 31.1 Å². The summed E-state index contributed by atoms with van der Waals surface area (Å²) in [6.07, 6.45) is 0.828. The Bertz CT molecular complexity index is 737. The van der Waals surface area contributed by atoms with E-state index in [1.165, 1.54) is 0 Å². The number of anilines is 1. The van der Waals surface area contributed by atoms with Gasteiger partial charge in [-0.15, -0.1) is 15.3 Å². The molecule has 8 nitrogen and oxygen atoms in total. The zero-order valence-electron chi connectivity index (χ0n) is 13.3. The van der Waals surface area contributed by atoms with Gasteiger partial charge < -0.3 is 9.64 Å². The fraction of sp³-hybridized carbons (Fsp3) is 0.600. The minimum Gasteiger partial charge on any atom is -0.461 e. The highest BCUT2D eigenvalue weighted by Gasteiger charge is 2.37. The number of carbonyl (C=O) groups excluding carboxylic acids is 1. The van der Waals surface area contributed by atoms with Crippen LogP contribution in [0.25, 0.3) is 5.65 Å². The van der Waals surface area contributed by atoms with Crippen LogP contribution in [0.2, 0.25) is 0 Å². The van der Waals surface area contributed by atoms with E-state index in [1.807, 2.05) is 26.0 Å². The number of esters is 1. The van der Waals surface area contributed by atoms with Gasteiger partial charge in [0.25, 0.3) is 0 Å². The molecule has 0 N–H and O–H groups in total. The normalized spacial score (nSPS) is 26.0. The van der Waals surface area contributed by atoms with Crippen LogP contribution in [0.15, 0.2) is 12.1 Å². The van der Waals surface area contributed by atoms with Crippen LogP contribution in [0.4, 0.5) is 5.82 Å². The highest BCUT2D eigenvalue weighted by atomic mass is 16.6. The van der Waals surface area contributed by atoms with Gasteiger partial charge in [0.2, 0.25) is 0 Å². The second-order valence-corrected chi connectivity index (χ2v) is 6.23. The average molecular weight is 316 g/mol. The van der Waals surface area contributed by atoms with Crippen molar-refractivity contribution in [3.63, 3.8) is 0 Å². The molecule has 2 aromatic heterocycles. The van der Waals surface area contributed by atoms with Crippen LogP contribution < -0.4 is 4.90 Å². The lowest BCUT2D eigenvalue weighted by atomic mass is 10.1. The molecule has 2 unspecified atom stereocenters. The van der Waals surface area contributed by atoms with Crippen LogP contribution in [0, 0.1) is 6.92 Å². The summed E-state index contributed by atoms with van der Waals surface area (Å²) < 4.78 is 7.03.